The maximum Gasteiger partial charge on any atom is 0.148 e. The van der Waals surface area contributed by atoms with Gasteiger partial charge in [-0.2, -0.15) is 0 Å². The number of aromatic amines is 1. The molecule has 0 spiro atoms. The van der Waals surface area contributed by atoms with E-state index in [1.807, 2.05) is 36.4 Å². The van der Waals surface area contributed by atoms with E-state index in [0.29, 0.717) is 6.61 Å². The molecule has 2 heterocycles. The van der Waals surface area contributed by atoms with Crippen LogP contribution < -0.4 is 4.74 Å². The van der Waals surface area contributed by atoms with Gasteiger partial charge in [-0.05, 0) is 64.2 Å². The Morgan fingerprint density at radius 2 is 1.53 bits per heavy atom. The fourth-order valence-corrected chi connectivity index (χ4v) is 3.75. The molecule has 0 radical (unpaired) electrons. The molecule has 0 fully saturated rings. The smallest absolute Gasteiger partial charge is 0.148 e. The number of hydrogen-bond acceptors (Lipinski definition) is 5. The van der Waals surface area contributed by atoms with Crippen LogP contribution in [0.1, 0.15) is 34.6 Å². The lowest BCUT2D eigenvalue weighted by molar-refractivity contribution is 0.302. The first-order chi connectivity index (χ1) is 16.8. The Morgan fingerprint density at radius 3 is 2.29 bits per heavy atom. The Kier molecular flexibility index (Phi) is 6.67. The lowest BCUT2D eigenvalue weighted by Gasteiger charge is -2.07. The minimum Gasteiger partial charge on any atom is -0.487 e. The van der Waals surface area contributed by atoms with Crippen LogP contribution in [-0.4, -0.2) is 25.6 Å². The van der Waals surface area contributed by atoms with Gasteiger partial charge in [0.2, 0.25) is 0 Å². The molecular formula is C28H25N5O. The van der Waals surface area contributed by atoms with Crippen LogP contribution in [0.4, 0.5) is 0 Å². The van der Waals surface area contributed by atoms with Crippen molar-refractivity contribution in [3.63, 3.8) is 0 Å². The van der Waals surface area contributed by atoms with Crippen LogP contribution in [-0.2, 0) is 19.4 Å². The van der Waals surface area contributed by atoms with E-state index in [1.54, 1.807) is 0 Å². The van der Waals surface area contributed by atoms with Crippen molar-refractivity contribution >= 4 is 23.1 Å². The van der Waals surface area contributed by atoms with Gasteiger partial charge in [0.25, 0.3) is 0 Å². The molecule has 5 aromatic rings. The maximum atomic E-state index is 5.93. The maximum absolute atomic E-state index is 5.93. The summed E-state index contributed by atoms with van der Waals surface area (Å²) in [4.78, 5) is 4.66. The third-order valence-electron chi connectivity index (χ3n) is 5.64. The second-order valence-corrected chi connectivity index (χ2v) is 8.13. The van der Waals surface area contributed by atoms with Crippen LogP contribution >= 0.6 is 0 Å². The van der Waals surface area contributed by atoms with Gasteiger partial charge in [-0.1, -0.05) is 72.8 Å². The van der Waals surface area contributed by atoms with Crippen molar-refractivity contribution < 1.29 is 4.74 Å². The number of H-pyrrole nitrogens is 1. The molecule has 168 valence electrons. The van der Waals surface area contributed by atoms with Gasteiger partial charge in [-0.3, -0.25) is 0 Å². The molecule has 0 atom stereocenters. The predicted octanol–water partition coefficient (Wildman–Crippen LogP) is 5.67. The topological polar surface area (TPSA) is 76.6 Å². The van der Waals surface area contributed by atoms with Gasteiger partial charge in [0.15, 0.2) is 0 Å². The lowest BCUT2D eigenvalue weighted by atomic mass is 10.1. The molecule has 0 saturated heterocycles. The summed E-state index contributed by atoms with van der Waals surface area (Å²) in [6, 6.07) is 29.0. The summed E-state index contributed by atoms with van der Waals surface area (Å²) in [6.45, 7) is 0.446. The summed E-state index contributed by atoms with van der Waals surface area (Å²) in [7, 11) is 0. The van der Waals surface area contributed by atoms with E-state index in [-0.39, 0.29) is 0 Å². The zero-order chi connectivity index (χ0) is 23.0. The molecule has 0 aliphatic heterocycles. The summed E-state index contributed by atoms with van der Waals surface area (Å²) in [5, 5.41) is 15.1. The van der Waals surface area contributed by atoms with Crippen LogP contribution in [0.2, 0.25) is 0 Å². The highest BCUT2D eigenvalue weighted by Crippen LogP contribution is 2.18. The lowest BCUT2D eigenvalue weighted by Crippen LogP contribution is -1.98. The van der Waals surface area contributed by atoms with Gasteiger partial charge in [0.1, 0.15) is 18.2 Å². The number of nitrogens with zero attached hydrogens (tertiary/aromatic N) is 4. The van der Waals surface area contributed by atoms with Crippen molar-refractivity contribution in [3.05, 3.63) is 113 Å². The van der Waals surface area contributed by atoms with Crippen LogP contribution in [0, 0.1) is 0 Å². The molecule has 5 rings (SSSR count). The zero-order valence-electron chi connectivity index (χ0n) is 18.8. The van der Waals surface area contributed by atoms with Crippen molar-refractivity contribution in [3.8, 4) is 5.75 Å². The van der Waals surface area contributed by atoms with E-state index in [4.69, 9.17) is 4.74 Å². The van der Waals surface area contributed by atoms with Crippen molar-refractivity contribution in [1.29, 1.82) is 0 Å². The number of pyridine rings is 1. The minimum absolute atomic E-state index is 0.446. The molecule has 6 nitrogen and oxygen atoms in total. The Morgan fingerprint density at radius 1 is 0.765 bits per heavy atom. The summed E-state index contributed by atoms with van der Waals surface area (Å²) in [5.74, 6) is 1.67. The van der Waals surface area contributed by atoms with E-state index in [1.165, 1.54) is 11.1 Å². The minimum atomic E-state index is 0.446. The third-order valence-corrected chi connectivity index (χ3v) is 5.64. The molecule has 2 aromatic heterocycles. The van der Waals surface area contributed by atoms with E-state index in [0.717, 1.165) is 53.0 Å². The number of nitrogens with one attached hydrogen (secondary N) is 1. The van der Waals surface area contributed by atoms with Crippen LogP contribution in [0.25, 0.3) is 23.1 Å². The third kappa shape index (κ3) is 5.72. The Labute approximate surface area is 198 Å². The fraction of sp³-hybridized carbons (Fsp3) is 0.143. The molecule has 3 aromatic carbocycles. The van der Waals surface area contributed by atoms with Crippen molar-refractivity contribution in [1.82, 2.24) is 25.6 Å². The number of hydrogen-bond donors (Lipinski definition) is 1. The van der Waals surface area contributed by atoms with Crippen molar-refractivity contribution in [2.24, 2.45) is 0 Å². The second-order valence-electron chi connectivity index (χ2n) is 8.13. The predicted molar refractivity (Wildman–Crippen MR) is 134 cm³/mol. The summed E-state index contributed by atoms with van der Waals surface area (Å²) >= 11 is 0. The number of aromatic nitrogens is 5. The van der Waals surface area contributed by atoms with Gasteiger partial charge in [0, 0.05) is 11.8 Å². The Bertz CT molecular complexity index is 1360. The van der Waals surface area contributed by atoms with E-state index >= 15 is 0 Å². The quantitative estimate of drug-likeness (QED) is 0.295. The number of ether oxygens (including phenoxy) is 1. The molecule has 0 aliphatic carbocycles. The molecule has 0 amide bonds. The first kappa shape index (κ1) is 21.5. The number of aryl methyl sites for hydroxylation is 2. The molecule has 1 N–H and O–H groups in total. The molecule has 6 heteroatoms. The fourth-order valence-electron chi connectivity index (χ4n) is 3.75. The summed E-state index contributed by atoms with van der Waals surface area (Å²) in [6.07, 6.45) is 7.10. The van der Waals surface area contributed by atoms with Gasteiger partial charge in [0.05, 0.1) is 11.2 Å². The van der Waals surface area contributed by atoms with Crippen LogP contribution in [0.15, 0.2) is 84.9 Å². The van der Waals surface area contributed by atoms with Crippen molar-refractivity contribution in [2.75, 3.05) is 0 Å². The molecular weight excluding hydrogens is 422 g/mol. The van der Waals surface area contributed by atoms with Crippen molar-refractivity contribution in [2.45, 2.75) is 25.9 Å². The summed E-state index contributed by atoms with van der Waals surface area (Å²) < 4.78 is 5.93. The molecule has 34 heavy (non-hydrogen) atoms. The van der Waals surface area contributed by atoms with E-state index in [2.05, 4.69) is 86.3 Å². The molecule has 0 saturated carbocycles. The highest BCUT2D eigenvalue weighted by atomic mass is 16.5. The number of para-hydroxylation sites is 1. The normalized spacial score (nSPS) is 11.3. The highest BCUT2D eigenvalue weighted by molar-refractivity contribution is 5.78. The molecule has 0 unspecified atom stereocenters. The van der Waals surface area contributed by atoms with Gasteiger partial charge < -0.3 is 4.74 Å². The second kappa shape index (κ2) is 10.5. The van der Waals surface area contributed by atoms with E-state index in [9.17, 15) is 0 Å². The number of tetrazole rings is 1. The first-order valence-electron chi connectivity index (χ1n) is 11.4. The number of benzene rings is 3. The monoisotopic (exact) mass is 447 g/mol. The standard InChI is InChI=1S/C28H25N5O/c1-2-6-27-24(5-1)16-17-25(29-27)20-34-26-18-14-23(15-19-26)13-12-22-10-8-21(9-11-22)4-3-7-28-30-32-33-31-28/h1-2,5-6,8-19H,3-4,7,20H2,(H,30,31,32,33)/b13-12+. The average Bonchev–Trinajstić information content (AvgIpc) is 3.41. The van der Waals surface area contributed by atoms with Gasteiger partial charge >= 0.3 is 0 Å². The largest absolute Gasteiger partial charge is 0.487 e. The molecule has 0 bridgehead atoms. The molecule has 0 aliphatic rings. The average molecular weight is 448 g/mol. The number of rotatable bonds is 9. The number of fused-ring (bicyclic) bond motifs is 1. The van der Waals surface area contributed by atoms with E-state index < -0.39 is 0 Å². The zero-order valence-corrected chi connectivity index (χ0v) is 18.8. The Hall–Kier alpha value is -4.32. The first-order valence-corrected chi connectivity index (χ1v) is 11.4. The van der Waals surface area contributed by atoms with Gasteiger partial charge in [-0.15, -0.1) is 5.10 Å². The summed E-state index contributed by atoms with van der Waals surface area (Å²) in [5.41, 5.74) is 5.51. The highest BCUT2D eigenvalue weighted by Gasteiger charge is 2.01. The van der Waals surface area contributed by atoms with Gasteiger partial charge in [-0.25, -0.2) is 10.1 Å². The van der Waals surface area contributed by atoms with Crippen LogP contribution in [0.5, 0.6) is 5.75 Å². The van der Waals surface area contributed by atoms with Crippen LogP contribution in [0.3, 0.4) is 0 Å². The Balaban J connectivity index is 1.11. The SMILES string of the molecule is C(=C\c1ccc(OCc2ccc3ccccc3n2)cc1)/c1ccc(CCCc2nnn[nH]2)cc1.